The van der Waals surface area contributed by atoms with Crippen LogP contribution in [0.25, 0.3) is 0 Å². The van der Waals surface area contributed by atoms with Crippen molar-refractivity contribution in [3.8, 4) is 5.75 Å². The number of benzene rings is 1. The molecule has 13 heavy (non-hydrogen) atoms. The van der Waals surface area contributed by atoms with Crippen LogP contribution in [0.15, 0.2) is 12.1 Å². The van der Waals surface area contributed by atoms with Crippen LogP contribution >= 0.6 is 0 Å². The highest BCUT2D eigenvalue weighted by molar-refractivity contribution is 5.44. The number of aromatic hydroxyl groups is 1. The molecule has 0 atom stereocenters. The fourth-order valence-corrected chi connectivity index (χ4v) is 1.18. The first-order valence-corrected chi connectivity index (χ1v) is 3.70. The molecule has 0 amide bonds. The molecule has 0 aromatic heterocycles. The first-order valence-electron chi connectivity index (χ1n) is 3.70. The van der Waals surface area contributed by atoms with Gasteiger partial charge in [0.1, 0.15) is 5.75 Å². The van der Waals surface area contributed by atoms with Gasteiger partial charge in [0.05, 0.1) is 5.56 Å². The van der Waals surface area contributed by atoms with Crippen molar-refractivity contribution >= 4 is 0 Å². The van der Waals surface area contributed by atoms with Gasteiger partial charge in [0, 0.05) is 0 Å². The Balaban J connectivity index is 3.37. The lowest BCUT2D eigenvalue weighted by atomic mass is 10.1. The lowest BCUT2D eigenvalue weighted by Gasteiger charge is -2.11. The molecule has 0 aliphatic rings. The van der Waals surface area contributed by atoms with Gasteiger partial charge in [0.15, 0.2) is 0 Å². The van der Waals surface area contributed by atoms with Crippen molar-refractivity contribution < 1.29 is 18.3 Å². The topological polar surface area (TPSA) is 20.2 Å². The molecular weight excluding hydrogens is 181 g/mol. The summed E-state index contributed by atoms with van der Waals surface area (Å²) in [6, 6.07) is 2.44. The number of rotatable bonds is 0. The summed E-state index contributed by atoms with van der Waals surface area (Å²) >= 11 is 0. The van der Waals surface area contributed by atoms with E-state index in [1.807, 2.05) is 0 Å². The van der Waals surface area contributed by atoms with E-state index in [1.54, 1.807) is 6.92 Å². The van der Waals surface area contributed by atoms with Gasteiger partial charge in [-0.15, -0.1) is 0 Å². The Morgan fingerprint density at radius 1 is 1.15 bits per heavy atom. The summed E-state index contributed by atoms with van der Waals surface area (Å²) in [5.41, 5.74) is -0.236. The highest BCUT2D eigenvalue weighted by Gasteiger charge is 2.34. The second-order valence-electron chi connectivity index (χ2n) is 2.98. The molecule has 4 heteroatoms. The maximum atomic E-state index is 12.2. The average Bonchev–Trinajstić information content (AvgIpc) is 1.94. The van der Waals surface area contributed by atoms with Crippen LogP contribution in [0.5, 0.6) is 5.75 Å². The average molecular weight is 190 g/mol. The van der Waals surface area contributed by atoms with E-state index in [-0.39, 0.29) is 5.56 Å². The van der Waals surface area contributed by atoms with Crippen molar-refractivity contribution in [2.75, 3.05) is 0 Å². The van der Waals surface area contributed by atoms with Crippen LogP contribution in [0.1, 0.15) is 16.7 Å². The number of aryl methyl sites for hydroxylation is 2. The molecule has 0 spiro atoms. The van der Waals surface area contributed by atoms with E-state index in [2.05, 4.69) is 0 Å². The number of alkyl halides is 3. The molecule has 1 nitrogen and oxygen atoms in total. The summed E-state index contributed by atoms with van der Waals surface area (Å²) in [6.45, 7) is 3.00. The second kappa shape index (κ2) is 2.94. The molecule has 0 radical (unpaired) electrons. The highest BCUT2D eigenvalue weighted by Crippen LogP contribution is 2.37. The van der Waals surface area contributed by atoms with E-state index in [0.717, 1.165) is 6.07 Å². The molecule has 1 N–H and O–H groups in total. The largest absolute Gasteiger partial charge is 0.507 e. The van der Waals surface area contributed by atoms with Crippen LogP contribution in [0.3, 0.4) is 0 Å². The molecule has 0 unspecified atom stereocenters. The van der Waals surface area contributed by atoms with Gasteiger partial charge in [-0.3, -0.25) is 0 Å². The normalized spacial score (nSPS) is 11.8. The van der Waals surface area contributed by atoms with Crippen LogP contribution < -0.4 is 0 Å². The van der Waals surface area contributed by atoms with Crippen molar-refractivity contribution in [1.82, 2.24) is 0 Å². The number of hydrogen-bond donors (Lipinski definition) is 1. The third kappa shape index (κ3) is 1.94. The Labute approximate surface area is 73.8 Å². The van der Waals surface area contributed by atoms with Gasteiger partial charge in [0.2, 0.25) is 0 Å². The first kappa shape index (κ1) is 9.89. The molecule has 1 aromatic rings. The molecule has 0 aliphatic heterocycles. The van der Waals surface area contributed by atoms with Crippen LogP contribution in [0, 0.1) is 13.8 Å². The summed E-state index contributed by atoms with van der Waals surface area (Å²) in [5, 5.41) is 9.14. The van der Waals surface area contributed by atoms with Gasteiger partial charge in [-0.1, -0.05) is 6.07 Å². The van der Waals surface area contributed by atoms with Crippen LogP contribution in [-0.4, -0.2) is 5.11 Å². The van der Waals surface area contributed by atoms with Crippen molar-refractivity contribution in [1.29, 1.82) is 0 Å². The molecule has 1 rings (SSSR count). The maximum absolute atomic E-state index is 12.2. The van der Waals surface area contributed by atoms with Crippen molar-refractivity contribution in [2.45, 2.75) is 20.0 Å². The van der Waals surface area contributed by atoms with Crippen molar-refractivity contribution in [3.05, 3.63) is 28.8 Å². The SMILES string of the molecule is Cc1cc(C)c(O)c(C(F)(F)F)c1. The van der Waals surface area contributed by atoms with E-state index in [9.17, 15) is 13.2 Å². The minimum Gasteiger partial charge on any atom is -0.507 e. The molecule has 0 saturated carbocycles. The van der Waals surface area contributed by atoms with Crippen molar-refractivity contribution in [2.24, 2.45) is 0 Å². The van der Waals surface area contributed by atoms with E-state index < -0.39 is 17.5 Å². The zero-order valence-electron chi connectivity index (χ0n) is 7.24. The molecule has 0 bridgehead atoms. The summed E-state index contributed by atoms with van der Waals surface area (Å²) in [4.78, 5) is 0. The zero-order valence-corrected chi connectivity index (χ0v) is 7.24. The van der Waals surface area contributed by atoms with Gasteiger partial charge in [-0.05, 0) is 31.0 Å². The quantitative estimate of drug-likeness (QED) is 0.666. The second-order valence-corrected chi connectivity index (χ2v) is 2.98. The third-order valence-electron chi connectivity index (χ3n) is 1.75. The van der Waals surface area contributed by atoms with Gasteiger partial charge in [-0.25, -0.2) is 0 Å². The number of halogens is 3. The summed E-state index contributed by atoms with van der Waals surface area (Å²) < 4.78 is 36.7. The first-order chi connectivity index (χ1) is 5.82. The molecule has 0 fully saturated rings. The minimum absolute atomic E-state index is 0.243. The molecule has 0 aliphatic carbocycles. The molecule has 0 saturated heterocycles. The predicted octanol–water partition coefficient (Wildman–Crippen LogP) is 3.03. The van der Waals surface area contributed by atoms with Crippen LogP contribution in [-0.2, 0) is 6.18 Å². The molecule has 72 valence electrons. The Morgan fingerprint density at radius 2 is 1.69 bits per heavy atom. The maximum Gasteiger partial charge on any atom is 0.419 e. The van der Waals surface area contributed by atoms with Crippen LogP contribution in [0.2, 0.25) is 0 Å². The van der Waals surface area contributed by atoms with Gasteiger partial charge in [0.25, 0.3) is 0 Å². The Hall–Kier alpha value is -1.19. The molecule has 1 aromatic carbocycles. The number of phenolic OH excluding ortho intramolecular Hbond substituents is 1. The smallest absolute Gasteiger partial charge is 0.419 e. The summed E-state index contributed by atoms with van der Waals surface area (Å²) in [6.07, 6.45) is -4.49. The highest BCUT2D eigenvalue weighted by atomic mass is 19.4. The van der Waals surface area contributed by atoms with E-state index in [4.69, 9.17) is 5.11 Å². The fraction of sp³-hybridized carbons (Fsp3) is 0.333. The standard InChI is InChI=1S/C9H9F3O/c1-5-3-6(2)8(13)7(4-5)9(10,11)12/h3-4,13H,1-2H3. The zero-order chi connectivity index (χ0) is 10.2. The van der Waals surface area contributed by atoms with Crippen molar-refractivity contribution in [3.63, 3.8) is 0 Å². The van der Waals surface area contributed by atoms with Gasteiger partial charge < -0.3 is 5.11 Å². The predicted molar refractivity (Wildman–Crippen MR) is 42.6 cm³/mol. The van der Waals surface area contributed by atoms with Gasteiger partial charge in [-0.2, -0.15) is 13.2 Å². The van der Waals surface area contributed by atoms with E-state index in [0.29, 0.717) is 5.56 Å². The molecular formula is C9H9F3O. The third-order valence-corrected chi connectivity index (χ3v) is 1.75. The number of phenols is 1. The Bertz CT molecular complexity index is 328. The Kier molecular flexibility index (Phi) is 2.24. The lowest BCUT2D eigenvalue weighted by Crippen LogP contribution is -2.06. The fourth-order valence-electron chi connectivity index (χ4n) is 1.18. The van der Waals surface area contributed by atoms with Crippen LogP contribution in [0.4, 0.5) is 13.2 Å². The monoisotopic (exact) mass is 190 g/mol. The lowest BCUT2D eigenvalue weighted by molar-refractivity contribution is -0.138. The summed E-state index contributed by atoms with van der Waals surface area (Å²) in [5.74, 6) is -0.682. The minimum atomic E-state index is -4.49. The Morgan fingerprint density at radius 3 is 2.15 bits per heavy atom. The van der Waals surface area contributed by atoms with Gasteiger partial charge >= 0.3 is 6.18 Å². The van der Waals surface area contributed by atoms with E-state index >= 15 is 0 Å². The molecule has 0 heterocycles. The number of hydrogen-bond acceptors (Lipinski definition) is 1. The summed E-state index contributed by atoms with van der Waals surface area (Å²) in [7, 11) is 0. The van der Waals surface area contributed by atoms with E-state index in [1.165, 1.54) is 13.0 Å².